The number of halogens is 2. The summed E-state index contributed by atoms with van der Waals surface area (Å²) in [6, 6.07) is 10.8. The van der Waals surface area contributed by atoms with Gasteiger partial charge in [0.25, 0.3) is 0 Å². The van der Waals surface area contributed by atoms with Crippen LogP contribution in [-0.4, -0.2) is 6.29 Å². The molecule has 2 rings (SSSR count). The Morgan fingerprint density at radius 2 is 1.85 bits per heavy atom. The van der Waals surface area contributed by atoms with Crippen molar-refractivity contribution in [3.05, 3.63) is 57.0 Å². The molecule has 0 N–H and O–H groups in total. The smallest absolute Gasteiger partial charge is 0.153 e. The highest BCUT2D eigenvalue weighted by Crippen LogP contribution is 2.34. The van der Waals surface area contributed by atoms with Gasteiger partial charge in [0.15, 0.2) is 6.29 Å². The minimum absolute atomic E-state index is 0.314. The number of aldehydes is 1. The largest absolute Gasteiger partial charge is 0.456 e. The van der Waals surface area contributed by atoms with Crippen molar-refractivity contribution in [2.24, 2.45) is 0 Å². The number of hydrogen-bond donors (Lipinski definition) is 0. The van der Waals surface area contributed by atoms with E-state index in [2.05, 4.69) is 29.8 Å². The van der Waals surface area contributed by atoms with Gasteiger partial charge in [0.05, 0.1) is 5.56 Å². The van der Waals surface area contributed by atoms with Gasteiger partial charge in [-0.3, -0.25) is 4.79 Å². The van der Waals surface area contributed by atoms with E-state index in [0.717, 1.165) is 22.1 Å². The van der Waals surface area contributed by atoms with Gasteiger partial charge in [-0.15, -0.1) is 0 Å². The third-order valence-corrected chi connectivity index (χ3v) is 3.64. The molecule has 20 heavy (non-hydrogen) atoms. The molecule has 0 saturated carbocycles. The van der Waals surface area contributed by atoms with Crippen LogP contribution in [0.5, 0.6) is 11.5 Å². The summed E-state index contributed by atoms with van der Waals surface area (Å²) < 4.78 is 6.89. The molecule has 0 atom stereocenters. The van der Waals surface area contributed by atoms with Crippen molar-refractivity contribution in [2.45, 2.75) is 19.8 Å². The Bertz CT molecular complexity index is 638. The first-order chi connectivity index (χ1) is 9.51. The molecule has 0 aliphatic heterocycles. The summed E-state index contributed by atoms with van der Waals surface area (Å²) in [4.78, 5) is 11.1. The molecule has 0 aromatic heterocycles. The molecular weight excluding hydrogens is 340 g/mol. The van der Waals surface area contributed by atoms with E-state index in [0.29, 0.717) is 22.3 Å². The summed E-state index contributed by atoms with van der Waals surface area (Å²) in [6.45, 7) is 4.19. The minimum atomic E-state index is 0.314. The Morgan fingerprint density at radius 3 is 2.50 bits per heavy atom. The van der Waals surface area contributed by atoms with Gasteiger partial charge in [0.2, 0.25) is 0 Å². The second-order valence-electron chi connectivity index (χ2n) is 4.74. The van der Waals surface area contributed by atoms with Gasteiger partial charge in [-0.05, 0) is 47.9 Å². The van der Waals surface area contributed by atoms with Crippen LogP contribution < -0.4 is 4.74 Å². The Hall–Kier alpha value is -1.32. The Labute approximate surface area is 131 Å². The maximum atomic E-state index is 11.1. The lowest BCUT2D eigenvalue weighted by Gasteiger charge is -2.15. The number of rotatable bonds is 4. The van der Waals surface area contributed by atoms with Gasteiger partial charge in [0.1, 0.15) is 11.5 Å². The van der Waals surface area contributed by atoms with Crippen molar-refractivity contribution in [2.75, 3.05) is 0 Å². The molecule has 0 heterocycles. The lowest BCUT2D eigenvalue weighted by Crippen LogP contribution is -1.96. The molecule has 0 unspecified atom stereocenters. The maximum Gasteiger partial charge on any atom is 0.153 e. The fourth-order valence-corrected chi connectivity index (χ4v) is 2.45. The molecule has 2 aromatic carbocycles. The van der Waals surface area contributed by atoms with E-state index in [1.54, 1.807) is 18.2 Å². The van der Waals surface area contributed by atoms with Crippen molar-refractivity contribution >= 4 is 33.8 Å². The van der Waals surface area contributed by atoms with Crippen molar-refractivity contribution in [3.63, 3.8) is 0 Å². The second-order valence-corrected chi connectivity index (χ2v) is 6.09. The van der Waals surface area contributed by atoms with Gasteiger partial charge < -0.3 is 4.74 Å². The second kappa shape index (κ2) is 6.42. The van der Waals surface area contributed by atoms with E-state index >= 15 is 0 Å². The van der Waals surface area contributed by atoms with E-state index in [1.165, 1.54) is 0 Å². The van der Waals surface area contributed by atoms with Crippen LogP contribution in [0.25, 0.3) is 0 Å². The molecule has 0 amide bonds. The number of carbonyl (C=O) groups is 1. The van der Waals surface area contributed by atoms with Crippen LogP contribution in [0.15, 0.2) is 40.9 Å². The van der Waals surface area contributed by atoms with Crippen molar-refractivity contribution in [1.29, 1.82) is 0 Å². The van der Waals surface area contributed by atoms with Gasteiger partial charge >= 0.3 is 0 Å². The minimum Gasteiger partial charge on any atom is -0.456 e. The third-order valence-electron chi connectivity index (χ3n) is 2.91. The molecule has 2 nitrogen and oxygen atoms in total. The lowest BCUT2D eigenvalue weighted by molar-refractivity contribution is 0.112. The number of benzene rings is 2. The predicted molar refractivity (Wildman–Crippen MR) is 85.1 cm³/mol. The standard InChI is InChI=1S/C16H14BrClO2/c1-10(2)14-8-12(17)3-5-16(14)20-15-6-4-13(18)7-11(15)9-19/h3-10H,1-2H3. The molecule has 0 bridgehead atoms. The van der Waals surface area contributed by atoms with Crippen LogP contribution in [0, 0.1) is 0 Å². The van der Waals surface area contributed by atoms with Crippen LogP contribution in [0.3, 0.4) is 0 Å². The first kappa shape index (κ1) is 15.1. The van der Waals surface area contributed by atoms with Gasteiger partial charge in [-0.25, -0.2) is 0 Å². The molecule has 0 saturated heterocycles. The van der Waals surface area contributed by atoms with Gasteiger partial charge in [-0.1, -0.05) is 41.4 Å². The van der Waals surface area contributed by atoms with E-state index in [1.807, 2.05) is 18.2 Å². The van der Waals surface area contributed by atoms with E-state index < -0.39 is 0 Å². The van der Waals surface area contributed by atoms with E-state index in [9.17, 15) is 4.79 Å². The number of carbonyl (C=O) groups excluding carboxylic acids is 1. The van der Waals surface area contributed by atoms with Gasteiger partial charge in [-0.2, -0.15) is 0 Å². The zero-order valence-electron chi connectivity index (χ0n) is 11.2. The number of hydrogen-bond acceptors (Lipinski definition) is 2. The maximum absolute atomic E-state index is 11.1. The van der Waals surface area contributed by atoms with Crippen molar-refractivity contribution in [1.82, 2.24) is 0 Å². The summed E-state index contributed by atoms with van der Waals surface area (Å²) in [5.41, 5.74) is 1.52. The fraction of sp³-hybridized carbons (Fsp3) is 0.188. The monoisotopic (exact) mass is 352 g/mol. The van der Waals surface area contributed by atoms with Crippen molar-refractivity contribution < 1.29 is 9.53 Å². The SMILES string of the molecule is CC(C)c1cc(Br)ccc1Oc1ccc(Cl)cc1C=O. The third kappa shape index (κ3) is 3.41. The highest BCUT2D eigenvalue weighted by Gasteiger charge is 2.12. The van der Waals surface area contributed by atoms with Crippen LogP contribution in [0.1, 0.15) is 35.7 Å². The molecule has 2 aromatic rings. The predicted octanol–water partition coefficient (Wildman–Crippen LogP) is 5.83. The quantitative estimate of drug-likeness (QED) is 0.646. The number of ether oxygens (including phenoxy) is 1. The molecular formula is C16H14BrClO2. The molecule has 0 aliphatic rings. The van der Waals surface area contributed by atoms with Crippen LogP contribution in [0.2, 0.25) is 5.02 Å². The average Bonchev–Trinajstić information content (AvgIpc) is 2.42. The summed E-state index contributed by atoms with van der Waals surface area (Å²) in [5, 5.41) is 0.513. The van der Waals surface area contributed by atoms with Gasteiger partial charge in [0, 0.05) is 9.50 Å². The Morgan fingerprint density at radius 1 is 1.15 bits per heavy atom. The molecule has 4 heteroatoms. The molecule has 104 valence electrons. The zero-order valence-corrected chi connectivity index (χ0v) is 13.5. The average molecular weight is 354 g/mol. The van der Waals surface area contributed by atoms with Crippen LogP contribution in [-0.2, 0) is 0 Å². The molecule has 0 aliphatic carbocycles. The van der Waals surface area contributed by atoms with E-state index in [4.69, 9.17) is 16.3 Å². The highest BCUT2D eigenvalue weighted by molar-refractivity contribution is 9.10. The molecule has 0 fully saturated rings. The molecule has 0 spiro atoms. The topological polar surface area (TPSA) is 26.3 Å². The van der Waals surface area contributed by atoms with E-state index in [-0.39, 0.29) is 0 Å². The first-order valence-electron chi connectivity index (χ1n) is 6.23. The summed E-state index contributed by atoms with van der Waals surface area (Å²) in [7, 11) is 0. The van der Waals surface area contributed by atoms with Crippen LogP contribution in [0.4, 0.5) is 0 Å². The zero-order chi connectivity index (χ0) is 14.7. The van der Waals surface area contributed by atoms with Crippen molar-refractivity contribution in [3.8, 4) is 11.5 Å². The summed E-state index contributed by atoms with van der Waals surface area (Å²) in [6.07, 6.45) is 0.745. The highest BCUT2D eigenvalue weighted by atomic mass is 79.9. The lowest BCUT2D eigenvalue weighted by atomic mass is 10.0. The summed E-state index contributed by atoms with van der Waals surface area (Å²) in [5.74, 6) is 1.57. The Kier molecular flexibility index (Phi) is 4.84. The van der Waals surface area contributed by atoms with Crippen LogP contribution >= 0.6 is 27.5 Å². The first-order valence-corrected chi connectivity index (χ1v) is 7.40. The normalized spacial score (nSPS) is 10.7. The molecule has 0 radical (unpaired) electrons. The Balaban J connectivity index is 2.42. The fourth-order valence-electron chi connectivity index (χ4n) is 1.89. The summed E-state index contributed by atoms with van der Waals surface area (Å²) >= 11 is 9.34.